The third kappa shape index (κ3) is 2.42. The Morgan fingerprint density at radius 2 is 2.26 bits per heavy atom. The summed E-state index contributed by atoms with van der Waals surface area (Å²) in [5.74, 6) is 5.55. The van der Waals surface area contributed by atoms with Crippen molar-refractivity contribution in [1.82, 2.24) is 19.5 Å². The number of aliphatic hydroxyl groups is 2. The number of aromatic nitrogens is 4. The van der Waals surface area contributed by atoms with Crippen molar-refractivity contribution in [3.63, 3.8) is 0 Å². The van der Waals surface area contributed by atoms with E-state index < -0.39 is 29.4 Å². The van der Waals surface area contributed by atoms with E-state index in [-0.39, 0.29) is 5.95 Å². The average molecular weight is 338 g/mol. The summed E-state index contributed by atoms with van der Waals surface area (Å²) in [5, 5.41) is 20.3. The van der Waals surface area contributed by atoms with E-state index in [1.54, 1.807) is 6.92 Å². The first-order chi connectivity index (χ1) is 10.9. The molecule has 4 N–H and O–H groups in total. The molecule has 3 heterocycles. The summed E-state index contributed by atoms with van der Waals surface area (Å²) < 4.78 is 7.32. The first-order valence-corrected chi connectivity index (χ1v) is 7.35. The van der Waals surface area contributed by atoms with E-state index in [4.69, 9.17) is 22.1 Å². The monoisotopic (exact) mass is 337 g/mol. The molecular formula is C14H16ClN5O3. The van der Waals surface area contributed by atoms with Crippen LogP contribution in [0.4, 0.5) is 5.95 Å². The minimum Gasteiger partial charge on any atom is -0.391 e. The van der Waals surface area contributed by atoms with Crippen molar-refractivity contribution in [1.29, 1.82) is 0 Å². The zero-order valence-electron chi connectivity index (χ0n) is 12.5. The summed E-state index contributed by atoms with van der Waals surface area (Å²) in [4.78, 5) is 10.7. The molecule has 0 radical (unpaired) electrons. The van der Waals surface area contributed by atoms with Crippen LogP contribution < -0.4 is 5.73 Å². The lowest BCUT2D eigenvalue weighted by Crippen LogP contribution is -2.43. The number of hydrogen-bond donors (Lipinski definition) is 3. The predicted molar refractivity (Wildman–Crippen MR) is 83.4 cm³/mol. The van der Waals surface area contributed by atoms with Crippen molar-refractivity contribution in [3.8, 4) is 11.8 Å². The molecule has 1 unspecified atom stereocenters. The Morgan fingerprint density at radius 1 is 1.52 bits per heavy atom. The van der Waals surface area contributed by atoms with Gasteiger partial charge in [-0.1, -0.05) is 17.5 Å². The van der Waals surface area contributed by atoms with E-state index in [0.29, 0.717) is 11.2 Å². The Kier molecular flexibility index (Phi) is 3.90. The van der Waals surface area contributed by atoms with Gasteiger partial charge in [0.05, 0.1) is 18.6 Å². The highest BCUT2D eigenvalue weighted by atomic mass is 35.5. The molecule has 5 atom stereocenters. The van der Waals surface area contributed by atoms with E-state index in [1.807, 2.05) is 0 Å². The standard InChI is InChI=1S/C14H16ClN5O3/c1-3-4-14(15)10(22)9(7(2)21)23-12(14)20-6-18-8-5-17-13(16)19-11(8)20/h5-7,9-10,12,21-22H,1-2H3,(H2,16,17,19)/t7-,9+,10?,12+,14+/m0/s1. The molecule has 2 aromatic rings. The minimum atomic E-state index is -1.45. The second-order valence-electron chi connectivity index (χ2n) is 5.37. The van der Waals surface area contributed by atoms with Gasteiger partial charge in [0.1, 0.15) is 17.7 Å². The number of aliphatic hydroxyl groups excluding tert-OH is 2. The molecule has 1 saturated heterocycles. The number of ether oxygens (including phenoxy) is 1. The van der Waals surface area contributed by atoms with Gasteiger partial charge >= 0.3 is 0 Å². The number of rotatable bonds is 2. The lowest BCUT2D eigenvalue weighted by atomic mass is 9.97. The second-order valence-corrected chi connectivity index (χ2v) is 6.00. The van der Waals surface area contributed by atoms with E-state index in [2.05, 4.69) is 26.8 Å². The third-order valence-corrected chi connectivity index (χ3v) is 4.27. The van der Waals surface area contributed by atoms with Crippen LogP contribution in [0.5, 0.6) is 0 Å². The van der Waals surface area contributed by atoms with Crippen LogP contribution in [0, 0.1) is 11.8 Å². The van der Waals surface area contributed by atoms with Crippen LogP contribution in [0.3, 0.4) is 0 Å². The Hall–Kier alpha value is -1.92. The zero-order valence-corrected chi connectivity index (χ0v) is 13.3. The van der Waals surface area contributed by atoms with Gasteiger partial charge < -0.3 is 20.7 Å². The molecule has 1 aliphatic rings. The summed E-state index contributed by atoms with van der Waals surface area (Å²) in [6, 6.07) is 0. The number of nitrogens with two attached hydrogens (primary N) is 1. The Morgan fingerprint density at radius 3 is 2.91 bits per heavy atom. The van der Waals surface area contributed by atoms with E-state index >= 15 is 0 Å². The van der Waals surface area contributed by atoms with Crippen molar-refractivity contribution in [2.75, 3.05) is 5.73 Å². The van der Waals surface area contributed by atoms with Crippen molar-refractivity contribution in [3.05, 3.63) is 12.5 Å². The number of fused-ring (bicyclic) bond motifs is 1. The van der Waals surface area contributed by atoms with Gasteiger partial charge in [-0.25, -0.2) is 9.97 Å². The van der Waals surface area contributed by atoms with Gasteiger partial charge in [-0.2, -0.15) is 4.98 Å². The SMILES string of the molecule is CC#C[C@@]1(Cl)C(O)[C@@H]([C@H](C)O)O[C@H]1n1cnc2cnc(N)nc21. The van der Waals surface area contributed by atoms with Crippen LogP contribution in [0.1, 0.15) is 20.1 Å². The fourth-order valence-electron chi connectivity index (χ4n) is 2.69. The van der Waals surface area contributed by atoms with E-state index in [9.17, 15) is 10.2 Å². The van der Waals surface area contributed by atoms with Gasteiger partial charge in [0, 0.05) is 0 Å². The lowest BCUT2D eigenvalue weighted by Gasteiger charge is -2.25. The molecule has 0 amide bonds. The lowest BCUT2D eigenvalue weighted by molar-refractivity contribution is -0.0752. The molecule has 0 aliphatic carbocycles. The third-order valence-electron chi connectivity index (χ3n) is 3.77. The number of nitrogen functional groups attached to an aromatic ring is 1. The van der Waals surface area contributed by atoms with Gasteiger partial charge in [0.25, 0.3) is 0 Å². The topological polar surface area (TPSA) is 119 Å². The molecule has 0 bridgehead atoms. The van der Waals surface area contributed by atoms with Gasteiger partial charge in [-0.3, -0.25) is 4.57 Å². The number of alkyl halides is 1. The summed E-state index contributed by atoms with van der Waals surface area (Å²) in [6.45, 7) is 3.12. The number of anilines is 1. The van der Waals surface area contributed by atoms with Crippen LogP contribution in [0.2, 0.25) is 0 Å². The van der Waals surface area contributed by atoms with Crippen molar-refractivity contribution in [2.45, 2.75) is 43.3 Å². The summed E-state index contributed by atoms with van der Waals surface area (Å²) >= 11 is 6.57. The fraction of sp³-hybridized carbons (Fsp3) is 0.500. The Balaban J connectivity index is 2.14. The van der Waals surface area contributed by atoms with E-state index in [1.165, 1.54) is 24.0 Å². The largest absolute Gasteiger partial charge is 0.391 e. The first kappa shape index (κ1) is 16.0. The molecule has 0 saturated carbocycles. The van der Waals surface area contributed by atoms with Gasteiger partial charge in [0.15, 0.2) is 16.7 Å². The molecule has 23 heavy (non-hydrogen) atoms. The van der Waals surface area contributed by atoms with Crippen molar-refractivity contribution in [2.24, 2.45) is 0 Å². The summed E-state index contributed by atoms with van der Waals surface area (Å²) in [6.07, 6.45) is -0.970. The summed E-state index contributed by atoms with van der Waals surface area (Å²) in [5.41, 5.74) is 6.53. The van der Waals surface area contributed by atoms with Gasteiger partial charge in [-0.15, -0.1) is 5.92 Å². The maximum absolute atomic E-state index is 10.5. The highest BCUT2D eigenvalue weighted by Gasteiger charge is 2.57. The van der Waals surface area contributed by atoms with Crippen LogP contribution in [-0.2, 0) is 4.74 Å². The Labute approximate surface area is 137 Å². The molecule has 8 nitrogen and oxygen atoms in total. The number of hydrogen-bond acceptors (Lipinski definition) is 7. The fourth-order valence-corrected chi connectivity index (χ4v) is 3.07. The molecule has 1 fully saturated rings. The number of imidazole rings is 1. The first-order valence-electron chi connectivity index (χ1n) is 6.98. The zero-order chi connectivity index (χ0) is 16.8. The maximum atomic E-state index is 10.5. The molecule has 3 rings (SSSR count). The quantitative estimate of drug-likeness (QED) is 0.523. The smallest absolute Gasteiger partial charge is 0.222 e. The Bertz CT molecular complexity index is 799. The van der Waals surface area contributed by atoms with Crippen LogP contribution in [0.15, 0.2) is 12.5 Å². The van der Waals surface area contributed by atoms with Crippen LogP contribution in [-0.4, -0.2) is 52.9 Å². The molecule has 2 aromatic heterocycles. The molecule has 1 aliphatic heterocycles. The average Bonchev–Trinajstić information content (AvgIpc) is 3.00. The van der Waals surface area contributed by atoms with Crippen LogP contribution in [0.25, 0.3) is 11.2 Å². The highest BCUT2D eigenvalue weighted by molar-refractivity contribution is 6.27. The van der Waals surface area contributed by atoms with Gasteiger partial charge in [-0.05, 0) is 13.8 Å². The predicted octanol–water partition coefficient (Wildman–Crippen LogP) is 0.0485. The maximum Gasteiger partial charge on any atom is 0.222 e. The van der Waals surface area contributed by atoms with Gasteiger partial charge in [0.2, 0.25) is 5.95 Å². The van der Waals surface area contributed by atoms with E-state index in [0.717, 1.165) is 0 Å². The molecule has 0 aromatic carbocycles. The second kappa shape index (κ2) is 5.62. The summed E-state index contributed by atoms with van der Waals surface area (Å²) in [7, 11) is 0. The molecular weight excluding hydrogens is 322 g/mol. The normalized spacial score (nSPS) is 31.8. The molecule has 122 valence electrons. The highest BCUT2D eigenvalue weighted by Crippen LogP contribution is 2.45. The van der Waals surface area contributed by atoms with Crippen molar-refractivity contribution < 1.29 is 14.9 Å². The number of nitrogens with zero attached hydrogens (tertiary/aromatic N) is 4. The van der Waals surface area contributed by atoms with Crippen molar-refractivity contribution >= 4 is 28.7 Å². The van der Waals surface area contributed by atoms with Crippen LogP contribution >= 0.6 is 11.6 Å². The molecule has 0 spiro atoms. The number of halogens is 1. The molecule has 9 heteroatoms. The minimum absolute atomic E-state index is 0.0756.